The SMILES string of the molecule is CCCCCN(C(=O)C(C)C1CCCC(N)C1)C(C)C. The number of nitrogens with zero attached hydrogens (tertiary/aromatic N) is 1. The van der Waals surface area contributed by atoms with Crippen molar-refractivity contribution in [3.8, 4) is 0 Å². The summed E-state index contributed by atoms with van der Waals surface area (Å²) < 4.78 is 0. The number of amides is 1. The number of nitrogens with two attached hydrogens (primary N) is 1. The first-order valence-corrected chi connectivity index (χ1v) is 8.53. The molecule has 0 aromatic rings. The molecule has 0 aromatic heterocycles. The molecule has 3 heteroatoms. The fourth-order valence-corrected chi connectivity index (χ4v) is 3.34. The fraction of sp³-hybridized carbons (Fsp3) is 0.941. The van der Waals surface area contributed by atoms with Crippen LogP contribution in [0.2, 0.25) is 0 Å². The van der Waals surface area contributed by atoms with Gasteiger partial charge in [-0.25, -0.2) is 0 Å². The highest BCUT2D eigenvalue weighted by Gasteiger charge is 2.31. The van der Waals surface area contributed by atoms with E-state index in [4.69, 9.17) is 5.73 Å². The summed E-state index contributed by atoms with van der Waals surface area (Å²) in [5, 5.41) is 0. The number of carbonyl (C=O) groups excluding carboxylic acids is 1. The smallest absolute Gasteiger partial charge is 0.225 e. The highest BCUT2D eigenvalue weighted by atomic mass is 16.2. The molecule has 0 spiro atoms. The van der Waals surface area contributed by atoms with Gasteiger partial charge in [0.25, 0.3) is 0 Å². The molecule has 0 aromatic carbocycles. The molecule has 1 fully saturated rings. The molecule has 0 radical (unpaired) electrons. The molecule has 0 aliphatic heterocycles. The van der Waals surface area contributed by atoms with Crippen molar-refractivity contribution in [2.75, 3.05) is 6.54 Å². The van der Waals surface area contributed by atoms with Gasteiger partial charge < -0.3 is 10.6 Å². The molecule has 2 N–H and O–H groups in total. The molecular weight excluding hydrogens is 248 g/mol. The zero-order chi connectivity index (χ0) is 15.1. The summed E-state index contributed by atoms with van der Waals surface area (Å²) in [6.45, 7) is 9.48. The molecule has 1 rings (SSSR count). The van der Waals surface area contributed by atoms with Gasteiger partial charge in [-0.3, -0.25) is 4.79 Å². The molecule has 3 atom stereocenters. The maximum Gasteiger partial charge on any atom is 0.225 e. The molecule has 1 amide bonds. The van der Waals surface area contributed by atoms with E-state index >= 15 is 0 Å². The zero-order valence-electron chi connectivity index (χ0n) is 13.9. The van der Waals surface area contributed by atoms with Crippen molar-refractivity contribution in [1.29, 1.82) is 0 Å². The number of carbonyl (C=O) groups is 1. The monoisotopic (exact) mass is 282 g/mol. The second-order valence-corrected chi connectivity index (χ2v) is 6.81. The Labute approximate surface area is 125 Å². The average Bonchev–Trinajstić information content (AvgIpc) is 2.41. The predicted molar refractivity (Wildman–Crippen MR) is 85.5 cm³/mol. The normalized spacial score (nSPS) is 24.7. The van der Waals surface area contributed by atoms with Crippen molar-refractivity contribution >= 4 is 5.91 Å². The third-order valence-electron chi connectivity index (χ3n) is 4.76. The summed E-state index contributed by atoms with van der Waals surface area (Å²) >= 11 is 0. The summed E-state index contributed by atoms with van der Waals surface area (Å²) in [5.74, 6) is 0.958. The molecule has 118 valence electrons. The Hall–Kier alpha value is -0.570. The largest absolute Gasteiger partial charge is 0.340 e. The average molecular weight is 282 g/mol. The zero-order valence-corrected chi connectivity index (χ0v) is 13.9. The second-order valence-electron chi connectivity index (χ2n) is 6.81. The summed E-state index contributed by atoms with van der Waals surface area (Å²) in [7, 11) is 0. The highest BCUT2D eigenvalue weighted by Crippen LogP contribution is 2.30. The first kappa shape index (κ1) is 17.5. The number of unbranched alkanes of at least 4 members (excludes halogenated alkanes) is 2. The Morgan fingerprint density at radius 2 is 1.95 bits per heavy atom. The van der Waals surface area contributed by atoms with Gasteiger partial charge in [0, 0.05) is 24.5 Å². The number of hydrogen-bond donors (Lipinski definition) is 1. The van der Waals surface area contributed by atoms with E-state index in [1.807, 2.05) is 0 Å². The standard InChI is InChI=1S/C17H34N2O/c1-5-6-7-11-19(13(2)3)17(20)14(4)15-9-8-10-16(18)12-15/h13-16H,5-12,18H2,1-4H3. The lowest BCUT2D eigenvalue weighted by molar-refractivity contribution is -0.139. The molecule has 1 aliphatic carbocycles. The van der Waals surface area contributed by atoms with Crippen LogP contribution in [0.25, 0.3) is 0 Å². The maximum atomic E-state index is 12.8. The van der Waals surface area contributed by atoms with Crippen molar-refractivity contribution < 1.29 is 4.79 Å². The van der Waals surface area contributed by atoms with E-state index in [-0.39, 0.29) is 5.92 Å². The van der Waals surface area contributed by atoms with E-state index in [0.717, 1.165) is 25.8 Å². The quantitative estimate of drug-likeness (QED) is 0.726. The second kappa shape index (κ2) is 8.66. The Bertz CT molecular complexity index is 291. The molecular formula is C17H34N2O. The van der Waals surface area contributed by atoms with Crippen LogP contribution in [0.3, 0.4) is 0 Å². The van der Waals surface area contributed by atoms with Crippen LogP contribution in [0, 0.1) is 11.8 Å². The van der Waals surface area contributed by atoms with Gasteiger partial charge in [-0.2, -0.15) is 0 Å². The first-order valence-electron chi connectivity index (χ1n) is 8.53. The number of hydrogen-bond acceptors (Lipinski definition) is 2. The van der Waals surface area contributed by atoms with Crippen LogP contribution in [0.1, 0.15) is 72.6 Å². The van der Waals surface area contributed by atoms with Gasteiger partial charge in [0.05, 0.1) is 0 Å². The van der Waals surface area contributed by atoms with E-state index in [1.165, 1.54) is 25.7 Å². The maximum absolute atomic E-state index is 12.8. The van der Waals surface area contributed by atoms with Crippen LogP contribution >= 0.6 is 0 Å². The van der Waals surface area contributed by atoms with Crippen LogP contribution in [-0.4, -0.2) is 29.4 Å². The molecule has 1 aliphatic rings. The van der Waals surface area contributed by atoms with Crippen molar-refractivity contribution in [1.82, 2.24) is 4.90 Å². The van der Waals surface area contributed by atoms with E-state index < -0.39 is 0 Å². The van der Waals surface area contributed by atoms with Crippen molar-refractivity contribution in [3.05, 3.63) is 0 Å². The molecule has 0 heterocycles. The van der Waals surface area contributed by atoms with Crippen LogP contribution in [0.5, 0.6) is 0 Å². The Morgan fingerprint density at radius 1 is 1.25 bits per heavy atom. The van der Waals surface area contributed by atoms with Crippen LogP contribution < -0.4 is 5.73 Å². The molecule has 0 saturated heterocycles. The minimum absolute atomic E-state index is 0.130. The van der Waals surface area contributed by atoms with Gasteiger partial charge in [-0.15, -0.1) is 0 Å². The minimum atomic E-state index is 0.130. The molecule has 3 nitrogen and oxygen atoms in total. The van der Waals surface area contributed by atoms with E-state index in [2.05, 4.69) is 32.6 Å². The van der Waals surface area contributed by atoms with Crippen LogP contribution in [0.15, 0.2) is 0 Å². The Kier molecular flexibility index (Phi) is 7.57. The third kappa shape index (κ3) is 5.08. The van der Waals surface area contributed by atoms with E-state index in [1.54, 1.807) is 0 Å². The topological polar surface area (TPSA) is 46.3 Å². The lowest BCUT2D eigenvalue weighted by atomic mass is 9.78. The highest BCUT2D eigenvalue weighted by molar-refractivity contribution is 5.79. The van der Waals surface area contributed by atoms with Gasteiger partial charge in [-0.05, 0) is 45.4 Å². The van der Waals surface area contributed by atoms with Crippen LogP contribution in [-0.2, 0) is 4.79 Å². The molecule has 1 saturated carbocycles. The lowest BCUT2D eigenvalue weighted by Crippen LogP contribution is -2.44. The van der Waals surface area contributed by atoms with Gasteiger partial charge in [-0.1, -0.05) is 33.1 Å². The van der Waals surface area contributed by atoms with E-state index in [9.17, 15) is 4.79 Å². The van der Waals surface area contributed by atoms with Gasteiger partial charge in [0.2, 0.25) is 5.91 Å². The number of rotatable bonds is 7. The fourth-order valence-electron chi connectivity index (χ4n) is 3.34. The van der Waals surface area contributed by atoms with Gasteiger partial charge in [0.1, 0.15) is 0 Å². The predicted octanol–water partition coefficient (Wildman–Crippen LogP) is 3.57. The van der Waals surface area contributed by atoms with Crippen molar-refractivity contribution in [3.63, 3.8) is 0 Å². The summed E-state index contributed by atoms with van der Waals surface area (Å²) in [6, 6.07) is 0.607. The van der Waals surface area contributed by atoms with Gasteiger partial charge >= 0.3 is 0 Å². The molecule has 3 unspecified atom stereocenters. The molecule has 0 bridgehead atoms. The van der Waals surface area contributed by atoms with Gasteiger partial charge in [0.15, 0.2) is 0 Å². The van der Waals surface area contributed by atoms with Crippen molar-refractivity contribution in [2.24, 2.45) is 17.6 Å². The summed E-state index contributed by atoms with van der Waals surface area (Å²) in [4.78, 5) is 14.9. The van der Waals surface area contributed by atoms with Crippen LogP contribution in [0.4, 0.5) is 0 Å². The van der Waals surface area contributed by atoms with Crippen molar-refractivity contribution in [2.45, 2.75) is 84.7 Å². The lowest BCUT2D eigenvalue weighted by Gasteiger charge is -2.35. The Morgan fingerprint density at radius 3 is 2.50 bits per heavy atom. The molecule has 20 heavy (non-hydrogen) atoms. The van der Waals surface area contributed by atoms with E-state index in [0.29, 0.717) is 23.9 Å². The first-order chi connectivity index (χ1) is 9.47. The Balaban J connectivity index is 2.58. The summed E-state index contributed by atoms with van der Waals surface area (Å²) in [5.41, 5.74) is 6.07. The summed E-state index contributed by atoms with van der Waals surface area (Å²) in [6.07, 6.45) is 8.03. The minimum Gasteiger partial charge on any atom is -0.340 e. The third-order valence-corrected chi connectivity index (χ3v) is 4.76.